The first-order valence-electron chi connectivity index (χ1n) is 9.27. The van der Waals surface area contributed by atoms with Crippen LogP contribution in [0.5, 0.6) is 0 Å². The van der Waals surface area contributed by atoms with Crippen molar-refractivity contribution in [1.82, 2.24) is 19.9 Å². The molecule has 2 heterocycles. The third-order valence-corrected chi connectivity index (χ3v) is 4.86. The Bertz CT molecular complexity index is 1090. The number of aromatic nitrogens is 4. The van der Waals surface area contributed by atoms with Crippen LogP contribution in [-0.2, 0) is 4.74 Å². The lowest BCUT2D eigenvalue weighted by Crippen LogP contribution is -2.11. The van der Waals surface area contributed by atoms with Gasteiger partial charge in [0.2, 0.25) is 5.95 Å². The highest BCUT2D eigenvalue weighted by Gasteiger charge is 2.07. The van der Waals surface area contributed by atoms with Gasteiger partial charge in [0.1, 0.15) is 0 Å². The Hall–Kier alpha value is -3.73. The molecule has 0 aliphatic heterocycles. The first-order valence-corrected chi connectivity index (χ1v) is 10.3. The lowest BCUT2D eigenvalue weighted by molar-refractivity contribution is 0.186. The fourth-order valence-corrected chi connectivity index (χ4v) is 3.18. The van der Waals surface area contributed by atoms with Gasteiger partial charge < -0.3 is 25.5 Å². The molecule has 0 aliphatic carbocycles. The molecule has 0 spiro atoms. The number of nitrogens with two attached hydrogens (primary N) is 1. The highest BCUT2D eigenvalue weighted by molar-refractivity contribution is 7.99. The summed E-state index contributed by atoms with van der Waals surface area (Å²) in [5.41, 5.74) is 7.87. The lowest BCUT2D eigenvalue weighted by atomic mass is 10.3. The van der Waals surface area contributed by atoms with E-state index in [2.05, 4.69) is 42.6 Å². The number of nitrogens with one attached hydrogen (secondary N) is 3. The van der Waals surface area contributed by atoms with Crippen molar-refractivity contribution in [3.05, 3.63) is 48.8 Å². The van der Waals surface area contributed by atoms with Crippen LogP contribution in [0, 0.1) is 0 Å². The molecule has 0 atom stereocenters. The molecule has 2 aromatic carbocycles. The average molecular weight is 445 g/mol. The number of hydrogen-bond acceptors (Lipinski definition) is 6. The minimum Gasteiger partial charge on any atom is -0.465 e. The maximum Gasteiger partial charge on any atom is 0.413 e. The number of carbonyl (C=O) groups is 2. The number of rotatable bonds is 4. The number of benzene rings is 2. The summed E-state index contributed by atoms with van der Waals surface area (Å²) in [5, 5.41) is 9.70. The largest absolute Gasteiger partial charge is 0.465 e. The minimum absolute atomic E-state index is 0.398. The lowest BCUT2D eigenvalue weighted by Gasteiger charge is -1.98. The van der Waals surface area contributed by atoms with Crippen molar-refractivity contribution in [1.29, 1.82) is 0 Å². The van der Waals surface area contributed by atoms with Gasteiger partial charge >= 0.3 is 12.2 Å². The molecule has 2 amide bonds. The van der Waals surface area contributed by atoms with Gasteiger partial charge in [-0.15, -0.1) is 11.8 Å². The zero-order valence-electron chi connectivity index (χ0n) is 17.1. The van der Waals surface area contributed by atoms with Gasteiger partial charge in [0.25, 0.3) is 0 Å². The Balaban J connectivity index is 0.000000216. The first-order chi connectivity index (χ1) is 14.9. The Morgan fingerprint density at radius 2 is 1.94 bits per heavy atom. The van der Waals surface area contributed by atoms with Crippen LogP contribution in [0.15, 0.2) is 53.7 Å². The molecule has 4 aromatic rings. The van der Waals surface area contributed by atoms with E-state index in [0.717, 1.165) is 34.2 Å². The van der Waals surface area contributed by atoms with E-state index in [1.165, 1.54) is 12.0 Å². The number of hydrogen-bond donors (Lipinski definition) is 5. The second-order valence-corrected chi connectivity index (χ2v) is 7.16. The van der Waals surface area contributed by atoms with E-state index in [1.807, 2.05) is 42.5 Å². The molecular weight excluding hydrogens is 420 g/mol. The Morgan fingerprint density at radius 3 is 2.61 bits per heavy atom. The number of carbonyl (C=O) groups excluding carboxylic acids is 1. The SMILES string of the molecule is CCCSc1ccc2[nH]c(NC(=O)OC)nc2c1.NC(=O)O.c1ccc2[nH]cnc2c1. The number of carboxylic acid groups (broad SMARTS) is 1. The second-order valence-electron chi connectivity index (χ2n) is 5.99. The van der Waals surface area contributed by atoms with Crippen LogP contribution < -0.4 is 11.1 Å². The van der Waals surface area contributed by atoms with Crippen LogP contribution in [-0.4, -0.2) is 50.1 Å². The van der Waals surface area contributed by atoms with E-state index in [9.17, 15) is 4.79 Å². The average Bonchev–Trinajstić information content (AvgIpc) is 3.38. The summed E-state index contributed by atoms with van der Waals surface area (Å²) in [6.45, 7) is 2.15. The predicted molar refractivity (Wildman–Crippen MR) is 121 cm³/mol. The molecule has 164 valence electrons. The molecule has 0 aliphatic rings. The summed E-state index contributed by atoms with van der Waals surface area (Å²) in [7, 11) is 1.32. The van der Waals surface area contributed by atoms with E-state index in [-0.39, 0.29) is 0 Å². The van der Waals surface area contributed by atoms with Crippen molar-refractivity contribution in [3.8, 4) is 0 Å². The standard InChI is InChI=1S/C12H15N3O2S.C7H6N2.CH3NO2/c1-3-6-18-8-4-5-9-10(7-8)14-11(13-9)15-12(16)17-2;1-2-4-7-6(3-1)8-5-9-7;2-1(3)4/h4-5,7H,3,6H2,1-2H3,(H2,13,14,15,16);1-5H,(H,8,9);2H2,(H,3,4). The van der Waals surface area contributed by atoms with Crippen molar-refractivity contribution in [2.24, 2.45) is 5.73 Å². The van der Waals surface area contributed by atoms with Crippen molar-refractivity contribution >= 4 is 52.0 Å². The molecule has 0 radical (unpaired) electrons. The summed E-state index contributed by atoms with van der Waals surface area (Å²) in [6.07, 6.45) is 0.970. The minimum atomic E-state index is -1.33. The number of aromatic amines is 2. The third kappa shape index (κ3) is 7.90. The smallest absolute Gasteiger partial charge is 0.413 e. The number of amides is 2. The van der Waals surface area contributed by atoms with Crippen molar-refractivity contribution < 1.29 is 19.4 Å². The van der Waals surface area contributed by atoms with E-state index in [1.54, 1.807) is 18.1 Å². The molecule has 11 heteroatoms. The predicted octanol–water partition coefficient (Wildman–Crippen LogP) is 4.43. The first kappa shape index (κ1) is 23.5. The van der Waals surface area contributed by atoms with Gasteiger partial charge in [0, 0.05) is 4.90 Å². The molecule has 0 saturated heterocycles. The van der Waals surface area contributed by atoms with Gasteiger partial charge in [-0.2, -0.15) is 0 Å². The number of primary amides is 1. The summed E-state index contributed by atoms with van der Waals surface area (Å²) >= 11 is 1.80. The molecule has 31 heavy (non-hydrogen) atoms. The summed E-state index contributed by atoms with van der Waals surface area (Å²) in [4.78, 5) is 35.4. The molecule has 0 saturated carbocycles. The van der Waals surface area contributed by atoms with Gasteiger partial charge in [-0.25, -0.2) is 19.6 Å². The zero-order chi connectivity index (χ0) is 22.6. The van der Waals surface area contributed by atoms with Crippen LogP contribution in [0.4, 0.5) is 15.5 Å². The molecule has 2 aromatic heterocycles. The van der Waals surface area contributed by atoms with Crippen LogP contribution in [0.1, 0.15) is 13.3 Å². The number of anilines is 1. The van der Waals surface area contributed by atoms with Crippen LogP contribution in [0.2, 0.25) is 0 Å². The van der Waals surface area contributed by atoms with Gasteiger partial charge in [-0.3, -0.25) is 5.32 Å². The molecular formula is C20H24N6O4S. The van der Waals surface area contributed by atoms with Gasteiger partial charge in [0.15, 0.2) is 0 Å². The zero-order valence-corrected chi connectivity index (χ0v) is 17.9. The van der Waals surface area contributed by atoms with Gasteiger partial charge in [0.05, 0.1) is 35.5 Å². The Morgan fingerprint density at radius 1 is 1.19 bits per heavy atom. The fourth-order valence-electron chi connectivity index (χ4n) is 2.38. The summed E-state index contributed by atoms with van der Waals surface area (Å²) < 4.78 is 4.51. The quantitative estimate of drug-likeness (QED) is 0.291. The Kier molecular flexibility index (Phi) is 9.17. The van der Waals surface area contributed by atoms with E-state index in [4.69, 9.17) is 9.90 Å². The molecule has 10 nitrogen and oxygen atoms in total. The number of nitrogens with zero attached hydrogens (tertiary/aromatic N) is 2. The number of imidazole rings is 2. The maximum absolute atomic E-state index is 11.1. The van der Waals surface area contributed by atoms with Crippen LogP contribution >= 0.6 is 11.8 Å². The topological polar surface area (TPSA) is 159 Å². The van der Waals surface area contributed by atoms with E-state index in [0.29, 0.717) is 5.95 Å². The molecule has 0 fully saturated rings. The number of ether oxygens (including phenoxy) is 1. The number of H-pyrrole nitrogens is 2. The molecule has 0 unspecified atom stereocenters. The molecule has 6 N–H and O–H groups in total. The Labute approximate surface area is 182 Å². The van der Waals surface area contributed by atoms with Crippen molar-refractivity contribution in [3.63, 3.8) is 0 Å². The van der Waals surface area contributed by atoms with Crippen molar-refractivity contribution in [2.75, 3.05) is 18.2 Å². The monoisotopic (exact) mass is 444 g/mol. The molecule has 0 bridgehead atoms. The fraction of sp³-hybridized carbons (Fsp3) is 0.200. The highest BCUT2D eigenvalue weighted by Crippen LogP contribution is 2.23. The van der Waals surface area contributed by atoms with Crippen molar-refractivity contribution in [2.45, 2.75) is 18.2 Å². The normalized spacial score (nSPS) is 9.87. The molecule has 4 rings (SSSR count). The summed E-state index contributed by atoms with van der Waals surface area (Å²) in [5.74, 6) is 1.48. The second kappa shape index (κ2) is 12.1. The third-order valence-electron chi connectivity index (χ3n) is 3.66. The number of methoxy groups -OCH3 is 1. The maximum atomic E-state index is 11.1. The number of thioether (sulfide) groups is 1. The van der Waals surface area contributed by atoms with E-state index < -0.39 is 12.2 Å². The van der Waals surface area contributed by atoms with Crippen LogP contribution in [0.25, 0.3) is 22.1 Å². The number of para-hydroxylation sites is 2. The highest BCUT2D eigenvalue weighted by atomic mass is 32.2. The van der Waals surface area contributed by atoms with Gasteiger partial charge in [-0.05, 0) is 42.5 Å². The van der Waals surface area contributed by atoms with E-state index >= 15 is 0 Å². The number of fused-ring (bicyclic) bond motifs is 2. The van der Waals surface area contributed by atoms with Crippen LogP contribution in [0.3, 0.4) is 0 Å². The summed E-state index contributed by atoms with van der Waals surface area (Å²) in [6, 6.07) is 14.0. The van der Waals surface area contributed by atoms with Gasteiger partial charge in [-0.1, -0.05) is 19.1 Å².